The maximum absolute atomic E-state index is 6.07. The number of rotatable bonds is 2. The molecular formula is C56H49N3OS. The third-order valence-electron chi connectivity index (χ3n) is 10.0. The van der Waals surface area contributed by atoms with Gasteiger partial charge >= 0.3 is 0 Å². The number of nitrogens with zero attached hydrogens (tertiary/aromatic N) is 3. The standard InChI is InChI=1S/C19H14O.C19H14S.3C6H7N/c2*1-13-9-11-14(12-10-13)15-6-4-7-17-16-5-2-3-8-18(16)20-19(15)17;1-6-2-4-7-5-3-6;1-6-3-2-4-7-5-6;1-6-4-2-3-5-7-6/h2*2-12H,1H3;3*2-5H,1H3. The zero-order chi connectivity index (χ0) is 42.4. The maximum Gasteiger partial charge on any atom is 0.143 e. The lowest BCUT2D eigenvalue weighted by atomic mass is 10.0. The van der Waals surface area contributed by atoms with E-state index in [0.29, 0.717) is 0 Å². The molecule has 5 heteroatoms. The summed E-state index contributed by atoms with van der Waals surface area (Å²) in [5.74, 6) is 0. The molecule has 0 saturated heterocycles. The van der Waals surface area contributed by atoms with E-state index < -0.39 is 0 Å². The van der Waals surface area contributed by atoms with Crippen LogP contribution in [0.5, 0.6) is 0 Å². The van der Waals surface area contributed by atoms with Crippen molar-refractivity contribution in [3.05, 3.63) is 235 Å². The summed E-state index contributed by atoms with van der Waals surface area (Å²) < 4.78 is 8.82. The second-order valence-corrected chi connectivity index (χ2v) is 15.9. The molecule has 0 unspecified atom stereocenters. The monoisotopic (exact) mass is 811 g/mol. The van der Waals surface area contributed by atoms with Crippen LogP contribution in [0.4, 0.5) is 0 Å². The largest absolute Gasteiger partial charge is 0.455 e. The number of fused-ring (bicyclic) bond motifs is 6. The molecule has 5 heterocycles. The van der Waals surface area contributed by atoms with E-state index in [0.717, 1.165) is 22.4 Å². The topological polar surface area (TPSA) is 51.8 Å². The lowest BCUT2D eigenvalue weighted by molar-refractivity contribution is 0.670. The molecule has 61 heavy (non-hydrogen) atoms. The van der Waals surface area contributed by atoms with Crippen molar-refractivity contribution in [2.45, 2.75) is 34.6 Å². The Morgan fingerprint density at radius 1 is 0.393 bits per heavy atom. The Morgan fingerprint density at radius 2 is 0.984 bits per heavy atom. The minimum Gasteiger partial charge on any atom is -0.455 e. The number of para-hydroxylation sites is 2. The molecule has 11 rings (SSSR count). The highest BCUT2D eigenvalue weighted by atomic mass is 32.1. The highest BCUT2D eigenvalue weighted by Gasteiger charge is 2.12. The molecule has 6 aromatic carbocycles. The van der Waals surface area contributed by atoms with Gasteiger partial charge in [0.25, 0.3) is 0 Å². The number of furan rings is 1. The van der Waals surface area contributed by atoms with Crippen molar-refractivity contribution in [3.8, 4) is 22.3 Å². The van der Waals surface area contributed by atoms with Gasteiger partial charge in [0.05, 0.1) is 0 Å². The molecule has 0 spiro atoms. The summed E-state index contributed by atoms with van der Waals surface area (Å²) in [6.45, 7) is 10.3. The maximum atomic E-state index is 6.07. The smallest absolute Gasteiger partial charge is 0.143 e. The number of aromatic nitrogens is 3. The first-order chi connectivity index (χ1) is 29.8. The predicted octanol–water partition coefficient (Wildman–Crippen LogP) is 15.8. The Bertz CT molecular complexity index is 2800. The molecule has 300 valence electrons. The van der Waals surface area contributed by atoms with E-state index in [4.69, 9.17) is 4.42 Å². The van der Waals surface area contributed by atoms with E-state index in [1.165, 1.54) is 69.9 Å². The van der Waals surface area contributed by atoms with E-state index in [-0.39, 0.29) is 0 Å². The van der Waals surface area contributed by atoms with Crippen LogP contribution in [0.2, 0.25) is 0 Å². The molecule has 0 aliphatic rings. The number of pyridine rings is 3. The molecule has 0 fully saturated rings. The molecule has 0 radical (unpaired) electrons. The lowest BCUT2D eigenvalue weighted by Gasteiger charge is -2.04. The molecule has 0 saturated carbocycles. The lowest BCUT2D eigenvalue weighted by Crippen LogP contribution is -1.79. The fourth-order valence-electron chi connectivity index (χ4n) is 6.74. The summed E-state index contributed by atoms with van der Waals surface area (Å²) in [7, 11) is 0. The van der Waals surface area contributed by atoms with Crippen LogP contribution in [0.3, 0.4) is 0 Å². The number of hydrogen-bond donors (Lipinski definition) is 0. The van der Waals surface area contributed by atoms with Crippen LogP contribution in [-0.4, -0.2) is 15.0 Å². The first kappa shape index (κ1) is 41.9. The Kier molecular flexibility index (Phi) is 14.2. The Balaban J connectivity index is 0.000000127. The van der Waals surface area contributed by atoms with Crippen molar-refractivity contribution in [2.24, 2.45) is 0 Å². The average molecular weight is 812 g/mol. The Morgan fingerprint density at radius 3 is 1.56 bits per heavy atom. The van der Waals surface area contributed by atoms with Gasteiger partial charge in [-0.2, -0.15) is 0 Å². The second-order valence-electron chi connectivity index (χ2n) is 14.8. The molecule has 4 nitrogen and oxygen atoms in total. The van der Waals surface area contributed by atoms with Crippen LogP contribution in [0, 0.1) is 34.6 Å². The minimum atomic E-state index is 0.946. The van der Waals surface area contributed by atoms with Crippen molar-refractivity contribution < 1.29 is 4.42 Å². The van der Waals surface area contributed by atoms with Crippen molar-refractivity contribution in [2.75, 3.05) is 0 Å². The van der Waals surface area contributed by atoms with E-state index in [9.17, 15) is 0 Å². The molecule has 0 aliphatic carbocycles. The van der Waals surface area contributed by atoms with Gasteiger partial charge in [-0.05, 0) is 105 Å². The molecule has 0 aliphatic heterocycles. The third-order valence-corrected chi connectivity index (χ3v) is 11.2. The summed E-state index contributed by atoms with van der Waals surface area (Å²) in [5.41, 5.74) is 13.0. The van der Waals surface area contributed by atoms with E-state index >= 15 is 0 Å². The van der Waals surface area contributed by atoms with Crippen LogP contribution in [0.25, 0.3) is 64.4 Å². The number of hydrogen-bond acceptors (Lipinski definition) is 5. The molecule has 0 bridgehead atoms. The van der Waals surface area contributed by atoms with Crippen LogP contribution >= 0.6 is 11.3 Å². The Hall–Kier alpha value is -7.21. The third kappa shape index (κ3) is 11.1. The predicted molar refractivity (Wildman–Crippen MR) is 260 cm³/mol. The number of aryl methyl sites for hydroxylation is 5. The zero-order valence-corrected chi connectivity index (χ0v) is 36.1. The van der Waals surface area contributed by atoms with E-state index in [2.05, 4.69) is 150 Å². The SMILES string of the molecule is Cc1ccc(-c2cccc3c2oc2ccccc23)cc1.Cc1ccc(-c2cccc3c2sc2ccccc23)cc1.Cc1ccccn1.Cc1cccnc1.Cc1ccncc1. The number of benzene rings is 6. The van der Waals surface area contributed by atoms with Gasteiger partial charge < -0.3 is 4.42 Å². The fourth-order valence-corrected chi connectivity index (χ4v) is 7.98. The molecule has 0 atom stereocenters. The van der Waals surface area contributed by atoms with Crippen molar-refractivity contribution in [1.82, 2.24) is 15.0 Å². The molecule has 5 aromatic heterocycles. The summed E-state index contributed by atoms with van der Waals surface area (Å²) in [6.07, 6.45) is 8.97. The summed E-state index contributed by atoms with van der Waals surface area (Å²) in [4.78, 5) is 11.7. The van der Waals surface area contributed by atoms with Gasteiger partial charge in [0.2, 0.25) is 0 Å². The molecule has 0 amide bonds. The highest BCUT2D eigenvalue weighted by Crippen LogP contribution is 2.40. The zero-order valence-electron chi connectivity index (χ0n) is 35.3. The molecule has 0 N–H and O–H groups in total. The summed E-state index contributed by atoms with van der Waals surface area (Å²) in [5, 5.41) is 5.08. The van der Waals surface area contributed by atoms with Gasteiger partial charge in [0, 0.05) is 73.2 Å². The molecular weight excluding hydrogens is 763 g/mol. The van der Waals surface area contributed by atoms with E-state index in [1.54, 1.807) is 24.8 Å². The van der Waals surface area contributed by atoms with Crippen LogP contribution in [-0.2, 0) is 0 Å². The van der Waals surface area contributed by atoms with Crippen molar-refractivity contribution in [1.29, 1.82) is 0 Å². The summed E-state index contributed by atoms with van der Waals surface area (Å²) >= 11 is 1.89. The second kappa shape index (κ2) is 20.7. The van der Waals surface area contributed by atoms with Gasteiger partial charge in [0.1, 0.15) is 11.2 Å². The molecule has 11 aromatic rings. The van der Waals surface area contributed by atoms with Gasteiger partial charge in [-0.3, -0.25) is 15.0 Å². The normalized spacial score (nSPS) is 10.4. The van der Waals surface area contributed by atoms with Gasteiger partial charge in [-0.25, -0.2) is 0 Å². The van der Waals surface area contributed by atoms with Crippen LogP contribution in [0.1, 0.15) is 27.9 Å². The Labute approximate surface area is 362 Å². The van der Waals surface area contributed by atoms with Crippen molar-refractivity contribution >= 4 is 53.4 Å². The van der Waals surface area contributed by atoms with E-state index in [1.807, 2.05) is 92.9 Å². The minimum absolute atomic E-state index is 0.946. The van der Waals surface area contributed by atoms with Gasteiger partial charge in [-0.15, -0.1) is 11.3 Å². The first-order valence-electron chi connectivity index (χ1n) is 20.4. The fraction of sp³-hybridized carbons (Fsp3) is 0.0893. The highest BCUT2D eigenvalue weighted by molar-refractivity contribution is 7.26. The van der Waals surface area contributed by atoms with Crippen LogP contribution in [0.15, 0.2) is 211 Å². The van der Waals surface area contributed by atoms with Gasteiger partial charge in [0.15, 0.2) is 0 Å². The summed E-state index contributed by atoms with van der Waals surface area (Å²) in [6, 6.07) is 60.9. The van der Waals surface area contributed by atoms with Crippen LogP contribution < -0.4 is 0 Å². The van der Waals surface area contributed by atoms with Gasteiger partial charge in [-0.1, -0.05) is 145 Å². The van der Waals surface area contributed by atoms with Crippen molar-refractivity contribution in [3.63, 3.8) is 0 Å². The average Bonchev–Trinajstić information content (AvgIpc) is 3.88. The quantitative estimate of drug-likeness (QED) is 0.174. The number of thiophene rings is 1. The first-order valence-corrected chi connectivity index (χ1v) is 21.2.